The van der Waals surface area contributed by atoms with Crippen molar-refractivity contribution >= 4 is 5.91 Å². The molecule has 5 heteroatoms. The molecule has 0 fully saturated rings. The third-order valence-corrected chi connectivity index (χ3v) is 4.21. The summed E-state index contributed by atoms with van der Waals surface area (Å²) in [5, 5.41) is 0. The molecule has 2 aromatic heterocycles. The molecule has 0 radical (unpaired) electrons. The number of carbonyl (C=O) groups is 1. The number of pyridine rings is 2. The molecule has 2 heterocycles. The quantitative estimate of drug-likeness (QED) is 0.714. The number of carbonyl (C=O) groups excluding carboxylic acids is 1. The van der Waals surface area contributed by atoms with E-state index < -0.39 is 5.91 Å². The van der Waals surface area contributed by atoms with Gasteiger partial charge in [0.1, 0.15) is 0 Å². The highest BCUT2D eigenvalue weighted by atomic mass is 16.1. The van der Waals surface area contributed by atoms with Crippen molar-refractivity contribution in [2.75, 3.05) is 13.6 Å². The van der Waals surface area contributed by atoms with Crippen molar-refractivity contribution in [2.24, 2.45) is 5.73 Å². The first-order chi connectivity index (χ1) is 12.6. The summed E-state index contributed by atoms with van der Waals surface area (Å²) in [6.07, 6.45) is 5.98. The third kappa shape index (κ3) is 4.74. The van der Waals surface area contributed by atoms with Gasteiger partial charge in [0.2, 0.25) is 5.91 Å². The number of nitrogens with zero attached hydrogens (tertiary/aromatic N) is 3. The standard InChI is InChI=1S/C21H22N4O/c1-25(10-8-20-7-2-3-9-24-20)15-16-5-4-6-17(11-16)18-12-19(21(22)26)14-23-13-18/h2-7,9,11-14H,8,10,15H2,1H3,(H2,22,26). The zero-order valence-corrected chi connectivity index (χ0v) is 14.8. The van der Waals surface area contributed by atoms with Crippen LogP contribution in [-0.2, 0) is 13.0 Å². The monoisotopic (exact) mass is 346 g/mol. The molecule has 1 amide bonds. The van der Waals surface area contributed by atoms with Crippen LogP contribution in [0.4, 0.5) is 0 Å². The van der Waals surface area contributed by atoms with Crippen LogP contribution in [0.15, 0.2) is 67.1 Å². The van der Waals surface area contributed by atoms with Gasteiger partial charge in [0, 0.05) is 49.4 Å². The largest absolute Gasteiger partial charge is 0.366 e. The van der Waals surface area contributed by atoms with Gasteiger partial charge in [0.05, 0.1) is 5.56 Å². The van der Waals surface area contributed by atoms with Crippen molar-refractivity contribution in [3.63, 3.8) is 0 Å². The van der Waals surface area contributed by atoms with E-state index in [9.17, 15) is 4.79 Å². The smallest absolute Gasteiger partial charge is 0.250 e. The van der Waals surface area contributed by atoms with Crippen LogP contribution >= 0.6 is 0 Å². The van der Waals surface area contributed by atoms with Gasteiger partial charge >= 0.3 is 0 Å². The number of benzene rings is 1. The fraction of sp³-hybridized carbons (Fsp3) is 0.190. The van der Waals surface area contributed by atoms with Crippen LogP contribution < -0.4 is 5.73 Å². The Morgan fingerprint density at radius 2 is 1.96 bits per heavy atom. The molecule has 3 rings (SSSR count). The predicted molar refractivity (Wildman–Crippen MR) is 102 cm³/mol. The van der Waals surface area contributed by atoms with E-state index in [1.54, 1.807) is 12.3 Å². The van der Waals surface area contributed by atoms with Gasteiger partial charge in [-0.1, -0.05) is 24.3 Å². The summed E-state index contributed by atoms with van der Waals surface area (Å²) in [6, 6.07) is 16.0. The van der Waals surface area contributed by atoms with E-state index in [0.717, 1.165) is 36.3 Å². The van der Waals surface area contributed by atoms with Gasteiger partial charge in [-0.05, 0) is 42.4 Å². The van der Waals surface area contributed by atoms with Crippen LogP contribution in [0, 0.1) is 0 Å². The van der Waals surface area contributed by atoms with Gasteiger partial charge in [-0.2, -0.15) is 0 Å². The normalized spacial score (nSPS) is 10.8. The van der Waals surface area contributed by atoms with Gasteiger partial charge < -0.3 is 10.6 Å². The Labute approximate surface area is 153 Å². The maximum Gasteiger partial charge on any atom is 0.250 e. The second-order valence-electron chi connectivity index (χ2n) is 6.34. The summed E-state index contributed by atoms with van der Waals surface area (Å²) in [6.45, 7) is 1.77. The molecule has 5 nitrogen and oxygen atoms in total. The van der Waals surface area contributed by atoms with Crippen molar-refractivity contribution in [3.05, 3.63) is 83.9 Å². The molecule has 0 unspecified atom stereocenters. The Kier molecular flexibility index (Phi) is 5.71. The first-order valence-electron chi connectivity index (χ1n) is 8.54. The van der Waals surface area contributed by atoms with E-state index >= 15 is 0 Å². The summed E-state index contributed by atoms with van der Waals surface area (Å²) < 4.78 is 0. The first-order valence-corrected chi connectivity index (χ1v) is 8.54. The maximum atomic E-state index is 11.4. The van der Waals surface area contributed by atoms with E-state index in [2.05, 4.69) is 34.0 Å². The highest BCUT2D eigenvalue weighted by Crippen LogP contribution is 2.21. The Morgan fingerprint density at radius 3 is 2.73 bits per heavy atom. The summed E-state index contributed by atoms with van der Waals surface area (Å²) in [5.74, 6) is -0.468. The molecule has 26 heavy (non-hydrogen) atoms. The van der Waals surface area contributed by atoms with Crippen molar-refractivity contribution in [1.29, 1.82) is 0 Å². The Morgan fingerprint density at radius 1 is 1.08 bits per heavy atom. The van der Waals surface area contributed by atoms with Crippen LogP contribution in [0.5, 0.6) is 0 Å². The summed E-state index contributed by atoms with van der Waals surface area (Å²) >= 11 is 0. The van der Waals surface area contributed by atoms with Crippen LogP contribution in [0.3, 0.4) is 0 Å². The molecular formula is C21H22N4O. The zero-order valence-electron chi connectivity index (χ0n) is 14.8. The summed E-state index contributed by atoms with van der Waals surface area (Å²) in [4.78, 5) is 22.1. The lowest BCUT2D eigenvalue weighted by Gasteiger charge is -2.17. The first kappa shape index (κ1) is 17.8. The Hall–Kier alpha value is -3.05. The van der Waals surface area contributed by atoms with Crippen LogP contribution in [0.25, 0.3) is 11.1 Å². The second kappa shape index (κ2) is 8.36. The minimum atomic E-state index is -0.468. The van der Waals surface area contributed by atoms with Gasteiger partial charge in [0.25, 0.3) is 0 Å². The van der Waals surface area contributed by atoms with Crippen LogP contribution in [0.1, 0.15) is 21.6 Å². The third-order valence-electron chi connectivity index (χ3n) is 4.21. The number of rotatable bonds is 7. The summed E-state index contributed by atoms with van der Waals surface area (Å²) in [7, 11) is 2.10. The predicted octanol–water partition coefficient (Wildman–Crippen LogP) is 2.92. The number of primary amides is 1. The minimum Gasteiger partial charge on any atom is -0.366 e. The van der Waals surface area contributed by atoms with E-state index in [-0.39, 0.29) is 0 Å². The van der Waals surface area contributed by atoms with Crippen molar-refractivity contribution in [3.8, 4) is 11.1 Å². The average molecular weight is 346 g/mol. The molecule has 0 saturated carbocycles. The van der Waals surface area contributed by atoms with Crippen LogP contribution in [-0.4, -0.2) is 34.4 Å². The van der Waals surface area contributed by atoms with Gasteiger partial charge in [-0.15, -0.1) is 0 Å². The maximum absolute atomic E-state index is 11.4. The lowest BCUT2D eigenvalue weighted by Crippen LogP contribution is -2.21. The summed E-state index contributed by atoms with van der Waals surface area (Å²) in [5.41, 5.74) is 9.98. The lowest BCUT2D eigenvalue weighted by molar-refractivity contribution is 0.1000. The SMILES string of the molecule is CN(CCc1ccccn1)Cc1cccc(-c2cncc(C(N)=O)c2)c1. The molecule has 132 valence electrons. The lowest BCUT2D eigenvalue weighted by atomic mass is 10.0. The number of nitrogens with two attached hydrogens (primary N) is 1. The number of hydrogen-bond acceptors (Lipinski definition) is 4. The highest BCUT2D eigenvalue weighted by molar-refractivity contribution is 5.93. The molecule has 0 aliphatic heterocycles. The molecular weight excluding hydrogens is 324 g/mol. The average Bonchev–Trinajstić information content (AvgIpc) is 2.67. The number of aromatic nitrogens is 2. The fourth-order valence-corrected chi connectivity index (χ4v) is 2.82. The Bertz CT molecular complexity index is 880. The molecule has 0 aliphatic carbocycles. The highest BCUT2D eigenvalue weighted by Gasteiger charge is 2.07. The molecule has 1 aromatic carbocycles. The van der Waals surface area contributed by atoms with Crippen molar-refractivity contribution in [1.82, 2.24) is 14.9 Å². The molecule has 0 saturated heterocycles. The number of hydrogen-bond donors (Lipinski definition) is 1. The Balaban J connectivity index is 1.67. The second-order valence-corrected chi connectivity index (χ2v) is 6.34. The zero-order chi connectivity index (χ0) is 18.4. The van der Waals surface area contributed by atoms with E-state index in [4.69, 9.17) is 5.73 Å². The van der Waals surface area contributed by atoms with E-state index in [0.29, 0.717) is 5.56 Å². The molecule has 2 N–H and O–H groups in total. The molecule has 0 atom stereocenters. The molecule has 3 aromatic rings. The fourth-order valence-electron chi connectivity index (χ4n) is 2.82. The van der Waals surface area contributed by atoms with Crippen LogP contribution in [0.2, 0.25) is 0 Å². The molecule has 0 spiro atoms. The van der Waals surface area contributed by atoms with Gasteiger partial charge in [-0.3, -0.25) is 14.8 Å². The molecule has 0 bridgehead atoms. The number of likely N-dealkylation sites (N-methyl/N-ethyl adjacent to an activating group) is 1. The van der Waals surface area contributed by atoms with Gasteiger partial charge in [-0.25, -0.2) is 0 Å². The van der Waals surface area contributed by atoms with Crippen molar-refractivity contribution in [2.45, 2.75) is 13.0 Å². The van der Waals surface area contributed by atoms with Crippen molar-refractivity contribution < 1.29 is 4.79 Å². The van der Waals surface area contributed by atoms with E-state index in [1.165, 1.54) is 11.8 Å². The minimum absolute atomic E-state index is 0.417. The van der Waals surface area contributed by atoms with E-state index in [1.807, 2.05) is 36.5 Å². The molecule has 0 aliphatic rings. The number of amides is 1. The van der Waals surface area contributed by atoms with Gasteiger partial charge in [0.15, 0.2) is 0 Å². The topological polar surface area (TPSA) is 72.1 Å².